The number of hydrogen-bond acceptors (Lipinski definition) is 5. The Labute approximate surface area is 130 Å². The number of amides is 1. The first-order valence-electron chi connectivity index (χ1n) is 5.59. The second-order valence-corrected chi connectivity index (χ2v) is 4.56. The minimum absolute atomic E-state index is 0.194. The van der Waals surface area contributed by atoms with Crippen molar-refractivity contribution in [3.63, 3.8) is 0 Å². The van der Waals surface area contributed by atoms with Crippen LogP contribution < -0.4 is 5.73 Å². The molecule has 0 unspecified atom stereocenters. The van der Waals surface area contributed by atoms with Gasteiger partial charge in [0.25, 0.3) is 0 Å². The number of carbonyl (C=O) groups is 3. The van der Waals surface area contributed by atoms with Gasteiger partial charge in [-0.05, 0) is 24.6 Å². The zero-order valence-electron chi connectivity index (χ0n) is 10.9. The van der Waals surface area contributed by atoms with Gasteiger partial charge in [-0.15, -0.1) is 0 Å². The van der Waals surface area contributed by atoms with Gasteiger partial charge in [-0.2, -0.15) is 0 Å². The van der Waals surface area contributed by atoms with Gasteiger partial charge in [0.2, 0.25) is 6.79 Å². The van der Waals surface area contributed by atoms with E-state index < -0.39 is 24.6 Å². The minimum Gasteiger partial charge on any atom is -0.424 e. The third-order valence-electron chi connectivity index (χ3n) is 2.27. The third kappa shape index (κ3) is 5.09. The maximum atomic E-state index is 11.7. The highest BCUT2D eigenvalue weighted by Crippen LogP contribution is 2.27. The first kappa shape index (κ1) is 17.0. The largest absolute Gasteiger partial charge is 0.424 e. The lowest BCUT2D eigenvalue weighted by atomic mass is 10.1. The molecule has 2 N–H and O–H groups in total. The van der Waals surface area contributed by atoms with Crippen LogP contribution in [0, 0.1) is 0 Å². The van der Waals surface area contributed by atoms with E-state index in [0.717, 1.165) is 0 Å². The molecule has 0 saturated carbocycles. The molecule has 1 aromatic carbocycles. The summed E-state index contributed by atoms with van der Waals surface area (Å²) >= 11 is 11.8. The molecule has 0 radical (unpaired) electrons. The highest BCUT2D eigenvalue weighted by atomic mass is 35.5. The van der Waals surface area contributed by atoms with Crippen LogP contribution in [0.3, 0.4) is 0 Å². The van der Waals surface area contributed by atoms with Crippen molar-refractivity contribution >= 4 is 47.1 Å². The van der Waals surface area contributed by atoms with Gasteiger partial charge in [-0.25, -0.2) is 9.59 Å². The Kier molecular flexibility index (Phi) is 6.20. The van der Waals surface area contributed by atoms with Crippen molar-refractivity contribution in [2.75, 3.05) is 6.79 Å². The lowest BCUT2D eigenvalue weighted by molar-refractivity contribution is -0.147. The molecule has 1 rings (SSSR count). The monoisotopic (exact) mass is 331 g/mol. The Hall–Kier alpha value is -2.05. The van der Waals surface area contributed by atoms with Crippen molar-refractivity contribution in [2.45, 2.75) is 6.92 Å². The average molecular weight is 332 g/mol. The Bertz CT molecular complexity index is 613. The number of ketones is 1. The standard InChI is InChI=1S/C13H11Cl2NO5/c1-7(17)9(12(18)20-6-21-13(16)19)5-8-3-2-4-10(14)11(8)15/h2-5H,6H2,1H3,(H2,16,19)/b9-5-. The minimum atomic E-state index is -1.10. The predicted octanol–water partition coefficient (Wildman–Crippen LogP) is 2.56. The molecule has 6 nitrogen and oxygen atoms in total. The number of rotatable bonds is 5. The maximum Gasteiger partial charge on any atom is 0.407 e. The summed E-state index contributed by atoms with van der Waals surface area (Å²) in [5.74, 6) is -1.52. The molecule has 8 heteroatoms. The van der Waals surface area contributed by atoms with Crippen LogP contribution >= 0.6 is 23.2 Å². The Morgan fingerprint density at radius 1 is 1.24 bits per heavy atom. The second kappa shape index (κ2) is 7.66. The molecular weight excluding hydrogens is 321 g/mol. The summed E-state index contributed by atoms with van der Waals surface area (Å²) < 4.78 is 8.84. The van der Waals surface area contributed by atoms with E-state index in [9.17, 15) is 14.4 Å². The van der Waals surface area contributed by atoms with Crippen molar-refractivity contribution in [3.8, 4) is 0 Å². The van der Waals surface area contributed by atoms with Crippen molar-refractivity contribution in [2.24, 2.45) is 5.73 Å². The van der Waals surface area contributed by atoms with Crippen molar-refractivity contribution in [3.05, 3.63) is 39.4 Å². The summed E-state index contributed by atoms with van der Waals surface area (Å²) in [4.78, 5) is 33.6. The maximum absolute atomic E-state index is 11.7. The average Bonchev–Trinajstić information content (AvgIpc) is 2.39. The summed E-state index contributed by atoms with van der Waals surface area (Å²) in [6.07, 6.45) is 0.136. The topological polar surface area (TPSA) is 95.7 Å². The zero-order chi connectivity index (χ0) is 16.0. The SMILES string of the molecule is CC(=O)/C(=C/c1cccc(Cl)c1Cl)C(=O)OCOC(N)=O. The molecule has 0 aromatic heterocycles. The molecule has 1 aromatic rings. The molecule has 0 fully saturated rings. The van der Waals surface area contributed by atoms with Gasteiger partial charge >= 0.3 is 12.1 Å². The zero-order valence-corrected chi connectivity index (χ0v) is 12.4. The Balaban J connectivity index is 2.98. The molecule has 0 saturated heterocycles. The van der Waals surface area contributed by atoms with Gasteiger partial charge in [0.1, 0.15) is 5.57 Å². The first-order valence-corrected chi connectivity index (χ1v) is 6.34. The van der Waals surface area contributed by atoms with E-state index in [1.807, 2.05) is 0 Å². The molecule has 0 aliphatic rings. The van der Waals surface area contributed by atoms with Crippen molar-refractivity contribution < 1.29 is 23.9 Å². The van der Waals surface area contributed by atoms with Gasteiger partial charge < -0.3 is 15.2 Å². The summed E-state index contributed by atoms with van der Waals surface area (Å²) in [5, 5.41) is 0.470. The molecule has 112 valence electrons. The number of benzene rings is 1. The van der Waals surface area contributed by atoms with Crippen LogP contribution in [0.4, 0.5) is 4.79 Å². The first-order chi connectivity index (χ1) is 9.82. The summed E-state index contributed by atoms with van der Waals surface area (Å²) in [5.41, 5.74) is 4.81. The number of hydrogen-bond donors (Lipinski definition) is 1. The summed E-state index contributed by atoms with van der Waals surface area (Å²) in [7, 11) is 0. The van der Waals surface area contributed by atoms with Crippen LogP contribution in [-0.4, -0.2) is 24.6 Å². The van der Waals surface area contributed by atoms with E-state index in [1.54, 1.807) is 18.2 Å². The van der Waals surface area contributed by atoms with Crippen LogP contribution in [0.2, 0.25) is 10.0 Å². The van der Waals surface area contributed by atoms with Crippen LogP contribution in [0.25, 0.3) is 6.08 Å². The molecular formula is C13H11Cl2NO5. The van der Waals surface area contributed by atoms with Crippen LogP contribution in [0.15, 0.2) is 23.8 Å². The van der Waals surface area contributed by atoms with Gasteiger partial charge in [-0.1, -0.05) is 35.3 Å². The lowest BCUT2D eigenvalue weighted by Gasteiger charge is -2.07. The number of carbonyl (C=O) groups excluding carboxylic acids is 3. The van der Waals surface area contributed by atoms with E-state index >= 15 is 0 Å². The van der Waals surface area contributed by atoms with E-state index in [1.165, 1.54) is 13.0 Å². The van der Waals surface area contributed by atoms with Gasteiger partial charge in [0.05, 0.1) is 10.0 Å². The molecule has 0 spiro atoms. The third-order valence-corrected chi connectivity index (χ3v) is 3.11. The fourth-order valence-electron chi connectivity index (χ4n) is 1.31. The van der Waals surface area contributed by atoms with E-state index in [-0.39, 0.29) is 15.6 Å². The molecule has 0 heterocycles. The number of Topliss-reactive ketones (excluding diaryl/α,β-unsaturated/α-hetero) is 1. The summed E-state index contributed by atoms with van der Waals surface area (Å²) in [6, 6.07) is 4.75. The summed E-state index contributed by atoms with van der Waals surface area (Å²) in [6.45, 7) is 0.489. The second-order valence-electron chi connectivity index (χ2n) is 3.77. The normalized spacial score (nSPS) is 10.9. The van der Waals surface area contributed by atoms with Crippen molar-refractivity contribution in [1.82, 2.24) is 0 Å². The Morgan fingerprint density at radius 2 is 1.90 bits per heavy atom. The van der Waals surface area contributed by atoms with Crippen LogP contribution in [0.1, 0.15) is 12.5 Å². The van der Waals surface area contributed by atoms with Crippen molar-refractivity contribution in [1.29, 1.82) is 0 Å². The van der Waals surface area contributed by atoms with Crippen LogP contribution in [-0.2, 0) is 19.1 Å². The molecule has 0 bridgehead atoms. The molecule has 0 aliphatic heterocycles. The quantitative estimate of drug-likeness (QED) is 0.294. The van der Waals surface area contributed by atoms with Gasteiger partial charge in [0, 0.05) is 0 Å². The molecule has 0 atom stereocenters. The van der Waals surface area contributed by atoms with E-state index in [0.29, 0.717) is 5.56 Å². The number of nitrogens with two attached hydrogens (primary N) is 1. The van der Waals surface area contributed by atoms with Crippen LogP contribution in [0.5, 0.6) is 0 Å². The highest BCUT2D eigenvalue weighted by molar-refractivity contribution is 6.43. The number of ether oxygens (including phenoxy) is 2. The number of esters is 1. The fourth-order valence-corrected chi connectivity index (χ4v) is 1.67. The lowest BCUT2D eigenvalue weighted by Crippen LogP contribution is -2.20. The molecule has 0 aliphatic carbocycles. The molecule has 1 amide bonds. The molecule has 21 heavy (non-hydrogen) atoms. The number of primary amides is 1. The highest BCUT2D eigenvalue weighted by Gasteiger charge is 2.17. The van der Waals surface area contributed by atoms with E-state index in [4.69, 9.17) is 28.9 Å². The van der Waals surface area contributed by atoms with Gasteiger partial charge in [0.15, 0.2) is 5.78 Å². The Morgan fingerprint density at radius 3 is 2.48 bits per heavy atom. The fraction of sp³-hybridized carbons (Fsp3) is 0.154. The number of halogens is 2. The predicted molar refractivity (Wildman–Crippen MR) is 76.7 cm³/mol. The van der Waals surface area contributed by atoms with E-state index in [2.05, 4.69) is 9.47 Å². The van der Waals surface area contributed by atoms with Gasteiger partial charge in [-0.3, -0.25) is 4.79 Å². The smallest absolute Gasteiger partial charge is 0.407 e.